The van der Waals surface area contributed by atoms with Crippen molar-refractivity contribution in [2.75, 3.05) is 22.0 Å². The number of rotatable bonds is 6. The summed E-state index contributed by atoms with van der Waals surface area (Å²) in [4.78, 5) is 0.972. The zero-order valence-electron chi connectivity index (χ0n) is 11.1. The average Bonchev–Trinajstić information content (AvgIpc) is 2.41. The van der Waals surface area contributed by atoms with Crippen LogP contribution in [-0.2, 0) is 10.0 Å². The van der Waals surface area contributed by atoms with Gasteiger partial charge in [0.25, 0.3) is 0 Å². The van der Waals surface area contributed by atoms with E-state index in [1.54, 1.807) is 18.2 Å². The molecule has 2 rings (SSSR count). The molecule has 0 saturated heterocycles. The Morgan fingerprint density at radius 2 is 1.86 bits per heavy atom. The van der Waals surface area contributed by atoms with Gasteiger partial charge in [-0.1, -0.05) is 6.07 Å². The van der Waals surface area contributed by atoms with Gasteiger partial charge >= 0.3 is 0 Å². The predicted octanol–water partition coefficient (Wildman–Crippen LogP) is 3.41. The second kappa shape index (κ2) is 7.37. The number of hydrogen-bond donors (Lipinski definition) is 2. The van der Waals surface area contributed by atoms with Crippen LogP contribution in [0.4, 0.5) is 11.4 Å². The molecule has 0 fully saturated rings. The van der Waals surface area contributed by atoms with Crippen LogP contribution in [0.3, 0.4) is 0 Å². The van der Waals surface area contributed by atoms with Crippen molar-refractivity contribution in [2.45, 2.75) is 4.90 Å². The maximum absolute atomic E-state index is 12.0. The molecule has 0 saturated carbocycles. The van der Waals surface area contributed by atoms with E-state index in [9.17, 15) is 8.42 Å². The van der Waals surface area contributed by atoms with Crippen molar-refractivity contribution in [2.24, 2.45) is 0 Å². The van der Waals surface area contributed by atoms with E-state index < -0.39 is 10.0 Å². The van der Waals surface area contributed by atoms with Gasteiger partial charge in [-0.05, 0) is 65.1 Å². The molecule has 2 aromatic carbocycles. The standard InChI is InChI=1S/C14H15IN2O2S2/c15-11-4-6-13(7-5-11)17-21(18,19)9-8-20-14-3-1-2-12(16)10-14/h1-7,10,17H,8-9,16H2. The van der Waals surface area contributed by atoms with Crippen LogP contribution in [-0.4, -0.2) is 19.9 Å². The molecule has 0 aliphatic rings. The van der Waals surface area contributed by atoms with Crippen molar-refractivity contribution < 1.29 is 8.42 Å². The minimum atomic E-state index is -3.33. The van der Waals surface area contributed by atoms with E-state index in [1.807, 2.05) is 30.3 Å². The summed E-state index contributed by atoms with van der Waals surface area (Å²) in [7, 11) is -3.33. The van der Waals surface area contributed by atoms with Gasteiger partial charge < -0.3 is 5.73 Å². The smallest absolute Gasteiger partial charge is 0.233 e. The lowest BCUT2D eigenvalue weighted by atomic mass is 10.3. The minimum absolute atomic E-state index is 0.0540. The van der Waals surface area contributed by atoms with Crippen molar-refractivity contribution in [1.29, 1.82) is 0 Å². The molecule has 0 amide bonds. The van der Waals surface area contributed by atoms with Crippen molar-refractivity contribution in [3.05, 3.63) is 52.1 Å². The van der Waals surface area contributed by atoms with Gasteiger partial charge in [-0.2, -0.15) is 0 Å². The van der Waals surface area contributed by atoms with Crippen LogP contribution in [0.1, 0.15) is 0 Å². The lowest BCUT2D eigenvalue weighted by Crippen LogP contribution is -2.18. The molecule has 0 atom stereocenters. The maximum Gasteiger partial charge on any atom is 0.233 e. The largest absolute Gasteiger partial charge is 0.399 e. The van der Waals surface area contributed by atoms with Gasteiger partial charge in [0, 0.05) is 25.6 Å². The van der Waals surface area contributed by atoms with Gasteiger partial charge in [0.1, 0.15) is 0 Å². The zero-order valence-corrected chi connectivity index (χ0v) is 14.9. The molecule has 0 aromatic heterocycles. The molecule has 21 heavy (non-hydrogen) atoms. The number of nitrogen functional groups attached to an aromatic ring is 1. The Kier molecular flexibility index (Phi) is 5.77. The summed E-state index contributed by atoms with van der Waals surface area (Å²) in [5.74, 6) is 0.529. The molecule has 2 aromatic rings. The average molecular weight is 434 g/mol. The Labute approximate surface area is 142 Å². The third kappa shape index (κ3) is 5.76. The summed E-state index contributed by atoms with van der Waals surface area (Å²) in [5, 5.41) is 0. The van der Waals surface area contributed by atoms with E-state index >= 15 is 0 Å². The first-order chi connectivity index (χ1) is 9.94. The van der Waals surface area contributed by atoms with Crippen molar-refractivity contribution in [3.8, 4) is 0 Å². The van der Waals surface area contributed by atoms with Gasteiger partial charge in [0.2, 0.25) is 10.0 Å². The number of hydrogen-bond acceptors (Lipinski definition) is 4. The minimum Gasteiger partial charge on any atom is -0.399 e. The van der Waals surface area contributed by atoms with E-state index in [0.717, 1.165) is 8.47 Å². The molecule has 112 valence electrons. The zero-order chi connectivity index (χ0) is 15.3. The summed E-state index contributed by atoms with van der Waals surface area (Å²) in [6.45, 7) is 0. The summed E-state index contributed by atoms with van der Waals surface area (Å²) in [6, 6.07) is 14.6. The molecule has 7 heteroatoms. The number of nitrogens with one attached hydrogen (secondary N) is 1. The third-order valence-corrected chi connectivity index (χ3v) is 5.86. The molecule has 0 heterocycles. The first kappa shape index (κ1) is 16.4. The van der Waals surface area contributed by atoms with Crippen LogP contribution in [0.25, 0.3) is 0 Å². The lowest BCUT2D eigenvalue weighted by molar-refractivity contribution is 0.602. The molecule has 0 aliphatic carbocycles. The van der Waals surface area contributed by atoms with E-state index in [1.165, 1.54) is 11.8 Å². The van der Waals surface area contributed by atoms with Crippen molar-refractivity contribution in [3.63, 3.8) is 0 Å². The van der Waals surface area contributed by atoms with Gasteiger partial charge in [-0.25, -0.2) is 8.42 Å². The van der Waals surface area contributed by atoms with Gasteiger partial charge in [0.05, 0.1) is 5.75 Å². The highest BCUT2D eigenvalue weighted by atomic mass is 127. The van der Waals surface area contributed by atoms with Crippen LogP contribution < -0.4 is 10.5 Å². The van der Waals surface area contributed by atoms with E-state index in [2.05, 4.69) is 27.3 Å². The van der Waals surface area contributed by atoms with E-state index in [0.29, 0.717) is 17.1 Å². The Hall–Kier alpha value is -0.930. The fraction of sp³-hybridized carbons (Fsp3) is 0.143. The fourth-order valence-corrected chi connectivity index (χ4v) is 4.42. The van der Waals surface area contributed by atoms with Crippen molar-refractivity contribution >= 4 is 55.8 Å². The first-order valence-corrected chi connectivity index (χ1v) is 9.91. The number of nitrogens with two attached hydrogens (primary N) is 1. The van der Waals surface area contributed by atoms with Gasteiger partial charge in [0.15, 0.2) is 0 Å². The molecule has 0 spiro atoms. The van der Waals surface area contributed by atoms with E-state index in [-0.39, 0.29) is 5.75 Å². The lowest BCUT2D eigenvalue weighted by Gasteiger charge is -2.08. The third-order valence-electron chi connectivity index (χ3n) is 2.60. The van der Waals surface area contributed by atoms with Gasteiger partial charge in [-0.15, -0.1) is 11.8 Å². The van der Waals surface area contributed by atoms with Crippen LogP contribution in [0.2, 0.25) is 0 Å². The van der Waals surface area contributed by atoms with Crippen LogP contribution in [0, 0.1) is 3.57 Å². The quantitative estimate of drug-likeness (QED) is 0.415. The fourth-order valence-electron chi connectivity index (χ4n) is 1.62. The molecular weight excluding hydrogens is 419 g/mol. The maximum atomic E-state index is 12.0. The SMILES string of the molecule is Nc1cccc(SCCS(=O)(=O)Nc2ccc(I)cc2)c1. The molecule has 0 unspecified atom stereocenters. The van der Waals surface area contributed by atoms with Gasteiger partial charge in [-0.3, -0.25) is 4.72 Å². The number of sulfonamides is 1. The second-order valence-corrected chi connectivity index (χ2v) is 8.60. The molecule has 0 bridgehead atoms. The topological polar surface area (TPSA) is 72.2 Å². The highest BCUT2D eigenvalue weighted by Gasteiger charge is 2.10. The molecule has 0 radical (unpaired) electrons. The normalized spacial score (nSPS) is 11.3. The summed E-state index contributed by atoms with van der Waals surface area (Å²) in [6.07, 6.45) is 0. The molecular formula is C14H15IN2O2S2. The molecule has 3 N–H and O–H groups in total. The highest BCUT2D eigenvalue weighted by Crippen LogP contribution is 2.20. The Bertz CT molecular complexity index is 703. The number of anilines is 2. The van der Waals surface area contributed by atoms with Crippen LogP contribution in [0.5, 0.6) is 0 Å². The second-order valence-electron chi connectivity index (χ2n) is 4.35. The highest BCUT2D eigenvalue weighted by molar-refractivity contribution is 14.1. The van der Waals surface area contributed by atoms with Crippen LogP contribution >= 0.6 is 34.4 Å². The number of thioether (sulfide) groups is 1. The van der Waals surface area contributed by atoms with Crippen LogP contribution in [0.15, 0.2) is 53.4 Å². The first-order valence-electron chi connectivity index (χ1n) is 6.19. The van der Waals surface area contributed by atoms with E-state index in [4.69, 9.17) is 5.73 Å². The molecule has 4 nitrogen and oxygen atoms in total. The summed E-state index contributed by atoms with van der Waals surface area (Å²) < 4.78 is 27.6. The summed E-state index contributed by atoms with van der Waals surface area (Å²) >= 11 is 3.65. The summed E-state index contributed by atoms with van der Waals surface area (Å²) in [5.41, 5.74) is 6.95. The Morgan fingerprint density at radius 3 is 2.52 bits per heavy atom. The number of halogens is 1. The predicted molar refractivity (Wildman–Crippen MR) is 98.1 cm³/mol. The molecule has 0 aliphatic heterocycles. The Morgan fingerprint density at radius 1 is 1.14 bits per heavy atom. The monoisotopic (exact) mass is 434 g/mol. The van der Waals surface area contributed by atoms with Crippen molar-refractivity contribution in [1.82, 2.24) is 0 Å². The number of benzene rings is 2. The Balaban J connectivity index is 1.88.